The second-order valence-electron chi connectivity index (χ2n) is 6.64. The molecule has 1 aromatic rings. The van der Waals surface area contributed by atoms with Crippen molar-refractivity contribution in [1.82, 2.24) is 5.32 Å². The predicted molar refractivity (Wildman–Crippen MR) is 95.8 cm³/mol. The zero-order valence-corrected chi connectivity index (χ0v) is 14.0. The maximum atomic E-state index is 12.5. The third kappa shape index (κ3) is 4.44. The minimum atomic E-state index is 0.251. The first-order chi connectivity index (χ1) is 11.3. The van der Waals surface area contributed by atoms with Crippen molar-refractivity contribution >= 4 is 11.6 Å². The minimum absolute atomic E-state index is 0.251. The lowest BCUT2D eigenvalue weighted by atomic mass is 9.97. The van der Waals surface area contributed by atoms with Crippen molar-refractivity contribution < 1.29 is 4.79 Å². The van der Waals surface area contributed by atoms with Gasteiger partial charge in [-0.1, -0.05) is 29.8 Å². The molecule has 3 nitrogen and oxygen atoms in total. The van der Waals surface area contributed by atoms with Crippen molar-refractivity contribution in [2.24, 2.45) is 0 Å². The number of benzene rings is 1. The van der Waals surface area contributed by atoms with E-state index in [-0.39, 0.29) is 5.91 Å². The first kappa shape index (κ1) is 16.3. The number of carbonyl (C=O) groups is 1. The molecule has 1 amide bonds. The summed E-state index contributed by atoms with van der Waals surface area (Å²) in [5.74, 6) is 0.251. The first-order valence-electron chi connectivity index (χ1n) is 9.11. The molecule has 1 aromatic carbocycles. The van der Waals surface area contributed by atoms with E-state index in [0.29, 0.717) is 6.42 Å². The number of rotatable bonds is 6. The Kier molecular flexibility index (Phi) is 5.87. The van der Waals surface area contributed by atoms with E-state index in [1.807, 2.05) is 11.0 Å². The van der Waals surface area contributed by atoms with Crippen LogP contribution in [0.1, 0.15) is 50.5 Å². The number of hydrogen-bond donors (Lipinski definition) is 1. The third-order valence-electron chi connectivity index (χ3n) is 4.93. The van der Waals surface area contributed by atoms with Crippen LogP contribution in [0.25, 0.3) is 0 Å². The van der Waals surface area contributed by atoms with Crippen LogP contribution in [-0.4, -0.2) is 25.5 Å². The number of carbonyl (C=O) groups excluding carboxylic acids is 1. The zero-order chi connectivity index (χ0) is 15.9. The fourth-order valence-electron chi connectivity index (χ4n) is 3.63. The van der Waals surface area contributed by atoms with E-state index in [1.54, 1.807) is 5.57 Å². The molecule has 23 heavy (non-hydrogen) atoms. The maximum absolute atomic E-state index is 12.5. The van der Waals surface area contributed by atoms with Gasteiger partial charge < -0.3 is 10.2 Å². The number of amides is 1. The van der Waals surface area contributed by atoms with Crippen molar-refractivity contribution in [1.29, 1.82) is 0 Å². The van der Waals surface area contributed by atoms with Gasteiger partial charge in [0.25, 0.3) is 0 Å². The van der Waals surface area contributed by atoms with Gasteiger partial charge in [-0.15, -0.1) is 0 Å². The molecule has 0 spiro atoms. The SMILES string of the molecule is O=C(CCNCCC1=CCCCC1)N1CCCc2ccccc21. The molecule has 2 aliphatic rings. The molecule has 0 aromatic heterocycles. The van der Waals surface area contributed by atoms with Crippen molar-refractivity contribution in [2.75, 3.05) is 24.5 Å². The molecule has 0 unspecified atom stereocenters. The van der Waals surface area contributed by atoms with E-state index in [9.17, 15) is 4.79 Å². The van der Waals surface area contributed by atoms with Gasteiger partial charge in [0.15, 0.2) is 0 Å². The van der Waals surface area contributed by atoms with E-state index in [0.717, 1.165) is 44.6 Å². The molecule has 1 aliphatic carbocycles. The van der Waals surface area contributed by atoms with Crippen LogP contribution in [0.5, 0.6) is 0 Å². The fourth-order valence-corrected chi connectivity index (χ4v) is 3.63. The predicted octanol–water partition coefficient (Wildman–Crippen LogP) is 3.84. The highest BCUT2D eigenvalue weighted by Crippen LogP contribution is 2.27. The number of nitrogens with one attached hydrogen (secondary N) is 1. The van der Waals surface area contributed by atoms with Gasteiger partial charge in [-0.3, -0.25) is 4.79 Å². The Balaban J connectivity index is 1.41. The minimum Gasteiger partial charge on any atom is -0.316 e. The number of aryl methyl sites for hydroxylation is 1. The van der Waals surface area contributed by atoms with Gasteiger partial charge in [-0.2, -0.15) is 0 Å². The molecular weight excluding hydrogens is 284 g/mol. The lowest BCUT2D eigenvalue weighted by Crippen LogP contribution is -2.37. The highest BCUT2D eigenvalue weighted by molar-refractivity contribution is 5.94. The Morgan fingerprint density at radius 3 is 2.87 bits per heavy atom. The molecule has 0 saturated carbocycles. The van der Waals surface area contributed by atoms with Crippen LogP contribution in [0.3, 0.4) is 0 Å². The second kappa shape index (κ2) is 8.30. The summed E-state index contributed by atoms with van der Waals surface area (Å²) in [6.07, 6.45) is 11.5. The van der Waals surface area contributed by atoms with Crippen LogP contribution in [0.2, 0.25) is 0 Å². The van der Waals surface area contributed by atoms with Gasteiger partial charge in [0.05, 0.1) is 0 Å². The number of para-hydroxylation sites is 1. The summed E-state index contributed by atoms with van der Waals surface area (Å²) in [7, 11) is 0. The van der Waals surface area contributed by atoms with Crippen molar-refractivity contribution in [2.45, 2.75) is 51.4 Å². The van der Waals surface area contributed by atoms with E-state index in [4.69, 9.17) is 0 Å². The lowest BCUT2D eigenvalue weighted by molar-refractivity contribution is -0.118. The Morgan fingerprint density at radius 1 is 1.09 bits per heavy atom. The highest BCUT2D eigenvalue weighted by atomic mass is 16.2. The molecule has 0 fully saturated rings. The van der Waals surface area contributed by atoms with E-state index >= 15 is 0 Å². The van der Waals surface area contributed by atoms with Crippen molar-refractivity contribution in [3.8, 4) is 0 Å². The van der Waals surface area contributed by atoms with Crippen molar-refractivity contribution in [3.05, 3.63) is 41.5 Å². The Bertz CT molecular complexity index is 565. The van der Waals surface area contributed by atoms with Gasteiger partial charge in [0, 0.05) is 25.2 Å². The number of allylic oxidation sites excluding steroid dienone is 1. The summed E-state index contributed by atoms with van der Waals surface area (Å²) in [4.78, 5) is 14.5. The van der Waals surface area contributed by atoms with Crippen LogP contribution in [0.15, 0.2) is 35.9 Å². The van der Waals surface area contributed by atoms with Crippen molar-refractivity contribution in [3.63, 3.8) is 0 Å². The average Bonchev–Trinajstić information content (AvgIpc) is 2.61. The van der Waals surface area contributed by atoms with Gasteiger partial charge in [0.1, 0.15) is 0 Å². The van der Waals surface area contributed by atoms with Gasteiger partial charge in [0.2, 0.25) is 5.91 Å². The number of nitrogens with zero attached hydrogens (tertiary/aromatic N) is 1. The third-order valence-corrected chi connectivity index (χ3v) is 4.93. The molecule has 0 radical (unpaired) electrons. The van der Waals surface area contributed by atoms with Gasteiger partial charge in [-0.25, -0.2) is 0 Å². The van der Waals surface area contributed by atoms with E-state index in [1.165, 1.54) is 31.2 Å². The standard InChI is InChI=1S/C20H28N2O/c23-20(13-15-21-14-12-17-7-2-1-3-8-17)22-16-6-10-18-9-4-5-11-19(18)22/h4-5,7,9,11,21H,1-3,6,8,10,12-16H2. The van der Waals surface area contributed by atoms with Crippen LogP contribution < -0.4 is 10.2 Å². The lowest BCUT2D eigenvalue weighted by Gasteiger charge is -2.29. The summed E-state index contributed by atoms with van der Waals surface area (Å²) < 4.78 is 0. The topological polar surface area (TPSA) is 32.3 Å². The smallest absolute Gasteiger partial charge is 0.228 e. The summed E-state index contributed by atoms with van der Waals surface area (Å²) in [6.45, 7) is 2.64. The van der Waals surface area contributed by atoms with Crippen LogP contribution in [0.4, 0.5) is 5.69 Å². The molecule has 1 N–H and O–H groups in total. The number of fused-ring (bicyclic) bond motifs is 1. The molecule has 3 heteroatoms. The molecule has 124 valence electrons. The summed E-state index contributed by atoms with van der Waals surface area (Å²) >= 11 is 0. The van der Waals surface area contributed by atoms with E-state index in [2.05, 4.69) is 29.6 Å². The first-order valence-corrected chi connectivity index (χ1v) is 9.11. The number of hydrogen-bond acceptors (Lipinski definition) is 2. The Morgan fingerprint density at radius 2 is 2.00 bits per heavy atom. The largest absolute Gasteiger partial charge is 0.316 e. The zero-order valence-electron chi connectivity index (χ0n) is 14.0. The highest BCUT2D eigenvalue weighted by Gasteiger charge is 2.21. The summed E-state index contributed by atoms with van der Waals surface area (Å²) in [5, 5.41) is 3.44. The monoisotopic (exact) mass is 312 g/mol. The Labute approximate surface area is 139 Å². The van der Waals surface area contributed by atoms with Crippen LogP contribution >= 0.6 is 0 Å². The molecule has 1 aliphatic heterocycles. The molecule has 0 saturated heterocycles. The van der Waals surface area contributed by atoms with Gasteiger partial charge >= 0.3 is 0 Å². The molecule has 0 bridgehead atoms. The maximum Gasteiger partial charge on any atom is 0.228 e. The second-order valence-corrected chi connectivity index (χ2v) is 6.64. The normalized spacial score (nSPS) is 17.6. The molecule has 0 atom stereocenters. The molecule has 3 rings (SSSR count). The van der Waals surface area contributed by atoms with Gasteiger partial charge in [-0.05, 0) is 63.1 Å². The summed E-state index contributed by atoms with van der Waals surface area (Å²) in [6, 6.07) is 8.31. The fraction of sp³-hybridized carbons (Fsp3) is 0.550. The van der Waals surface area contributed by atoms with Crippen LogP contribution in [0, 0.1) is 0 Å². The average molecular weight is 312 g/mol. The molecular formula is C20H28N2O. The Hall–Kier alpha value is -1.61. The van der Waals surface area contributed by atoms with Crippen LogP contribution in [-0.2, 0) is 11.2 Å². The summed E-state index contributed by atoms with van der Waals surface area (Å²) in [5.41, 5.74) is 4.03. The molecule has 1 heterocycles. The quantitative estimate of drug-likeness (QED) is 0.639. The van der Waals surface area contributed by atoms with E-state index < -0.39 is 0 Å². The number of anilines is 1.